The van der Waals surface area contributed by atoms with E-state index < -0.39 is 6.61 Å². The molecule has 1 rings (SSSR count). The summed E-state index contributed by atoms with van der Waals surface area (Å²) in [6.45, 7) is -1.23. The van der Waals surface area contributed by atoms with Gasteiger partial charge in [-0.3, -0.25) is 4.79 Å². The van der Waals surface area contributed by atoms with E-state index >= 15 is 0 Å². The summed E-state index contributed by atoms with van der Waals surface area (Å²) in [5.41, 5.74) is 0.916. The van der Waals surface area contributed by atoms with Crippen molar-refractivity contribution in [2.75, 3.05) is 0 Å². The van der Waals surface area contributed by atoms with Crippen molar-refractivity contribution >= 4 is 37.6 Å². The fourth-order valence-electron chi connectivity index (χ4n) is 1.25. The van der Waals surface area contributed by atoms with Crippen LogP contribution in [0.25, 0.3) is 0 Å². The highest BCUT2D eigenvalue weighted by atomic mass is 79.9. The molecule has 0 heterocycles. The maximum atomic E-state index is 12.2. The molecule has 0 aliphatic rings. The van der Waals surface area contributed by atoms with Gasteiger partial charge in [-0.2, -0.15) is 8.78 Å². The number of carbonyl (C=O) groups excluding carboxylic acids is 1. The number of rotatable bonds is 5. The molecule has 2 nitrogen and oxygen atoms in total. The number of hydrogen-bond donors (Lipinski definition) is 0. The molecule has 6 heteroatoms. The van der Waals surface area contributed by atoms with E-state index in [1.807, 2.05) is 0 Å². The molecule has 0 saturated heterocycles. The van der Waals surface area contributed by atoms with Crippen LogP contribution in [0.2, 0.25) is 0 Å². The quantitative estimate of drug-likeness (QED) is 0.574. The average Bonchev–Trinajstić information content (AvgIpc) is 2.27. The Morgan fingerprint density at radius 1 is 1.47 bits per heavy atom. The van der Waals surface area contributed by atoms with E-state index in [1.165, 1.54) is 6.07 Å². The maximum absolute atomic E-state index is 12.2. The van der Waals surface area contributed by atoms with Crippen LogP contribution in [0.15, 0.2) is 18.2 Å². The number of carbonyl (C=O) groups is 1. The van der Waals surface area contributed by atoms with Gasteiger partial charge >= 0.3 is 6.61 Å². The molecule has 0 fully saturated rings. The van der Waals surface area contributed by atoms with Gasteiger partial charge in [0.1, 0.15) is 5.75 Å². The molecule has 1 aromatic carbocycles. The Labute approximate surface area is 115 Å². The van der Waals surface area contributed by atoms with Crippen LogP contribution in [0.5, 0.6) is 5.75 Å². The van der Waals surface area contributed by atoms with Crippen molar-refractivity contribution in [2.24, 2.45) is 0 Å². The minimum Gasteiger partial charge on any atom is -0.434 e. The number of Topliss-reactive ketones (excluding diaryl/α,β-unsaturated/α-hetero) is 1. The predicted molar refractivity (Wildman–Crippen MR) is 68.4 cm³/mol. The Hall–Kier alpha value is -0.490. The largest absolute Gasteiger partial charge is 0.434 e. The second-order valence-corrected chi connectivity index (χ2v) is 5.25. The first kappa shape index (κ1) is 14.6. The zero-order valence-electron chi connectivity index (χ0n) is 8.92. The van der Waals surface area contributed by atoms with Gasteiger partial charge in [-0.05, 0) is 13.0 Å². The van der Waals surface area contributed by atoms with E-state index in [9.17, 15) is 13.6 Å². The van der Waals surface area contributed by atoms with Gasteiger partial charge in [-0.25, -0.2) is 0 Å². The van der Waals surface area contributed by atoms with Gasteiger partial charge in [-0.1, -0.05) is 44.0 Å². The molecule has 1 aromatic rings. The van der Waals surface area contributed by atoms with Crippen LogP contribution < -0.4 is 4.74 Å². The molecular formula is C11H10Br2F2O2. The highest BCUT2D eigenvalue weighted by Crippen LogP contribution is 2.25. The third-order valence-corrected chi connectivity index (χ3v) is 3.09. The molecule has 1 atom stereocenters. The Morgan fingerprint density at radius 3 is 2.59 bits per heavy atom. The minimum atomic E-state index is -2.90. The first-order valence-electron chi connectivity index (χ1n) is 4.77. The summed E-state index contributed by atoms with van der Waals surface area (Å²) in [4.78, 5) is 11.3. The van der Waals surface area contributed by atoms with E-state index in [4.69, 9.17) is 0 Å². The topological polar surface area (TPSA) is 26.3 Å². The van der Waals surface area contributed by atoms with Gasteiger partial charge in [0.05, 0.1) is 4.83 Å². The number of ketones is 1. The van der Waals surface area contributed by atoms with E-state index in [-0.39, 0.29) is 16.4 Å². The Kier molecular flexibility index (Phi) is 5.52. The van der Waals surface area contributed by atoms with Crippen molar-refractivity contribution in [3.05, 3.63) is 29.3 Å². The van der Waals surface area contributed by atoms with Crippen molar-refractivity contribution in [1.82, 2.24) is 0 Å². The molecule has 0 aliphatic carbocycles. The summed E-state index contributed by atoms with van der Waals surface area (Å²) < 4.78 is 28.8. The monoisotopic (exact) mass is 370 g/mol. The Balaban J connectivity index is 3.08. The SMILES string of the molecule is CC(Br)C(=O)c1ccc(CBr)c(OC(F)F)c1. The number of ether oxygens (including phenoxy) is 1. The summed E-state index contributed by atoms with van der Waals surface area (Å²) >= 11 is 6.31. The second kappa shape index (κ2) is 6.44. The van der Waals surface area contributed by atoms with Gasteiger partial charge < -0.3 is 4.74 Å². The number of hydrogen-bond acceptors (Lipinski definition) is 2. The summed E-state index contributed by atoms with van der Waals surface area (Å²) in [5, 5.41) is 0.382. The summed E-state index contributed by atoms with van der Waals surface area (Å²) in [5.74, 6) is -0.152. The summed E-state index contributed by atoms with van der Waals surface area (Å²) in [6.07, 6.45) is 0. The fraction of sp³-hybridized carbons (Fsp3) is 0.364. The van der Waals surface area contributed by atoms with E-state index in [2.05, 4.69) is 36.6 Å². The van der Waals surface area contributed by atoms with Crippen molar-refractivity contribution in [3.8, 4) is 5.75 Å². The molecule has 94 valence electrons. The second-order valence-electron chi connectivity index (χ2n) is 3.31. The molecule has 0 aliphatic heterocycles. The van der Waals surface area contributed by atoms with Crippen molar-refractivity contribution < 1.29 is 18.3 Å². The molecule has 0 radical (unpaired) electrons. The molecule has 0 amide bonds. The third-order valence-electron chi connectivity index (χ3n) is 2.07. The molecule has 0 aromatic heterocycles. The van der Waals surface area contributed by atoms with Crippen LogP contribution in [-0.4, -0.2) is 17.2 Å². The fourth-order valence-corrected chi connectivity index (χ4v) is 1.98. The van der Waals surface area contributed by atoms with E-state index in [1.54, 1.807) is 19.1 Å². The molecule has 17 heavy (non-hydrogen) atoms. The maximum Gasteiger partial charge on any atom is 0.387 e. The zero-order valence-corrected chi connectivity index (χ0v) is 12.1. The van der Waals surface area contributed by atoms with E-state index in [0.29, 0.717) is 16.5 Å². The number of halogens is 4. The molecule has 0 spiro atoms. The molecule has 0 saturated carbocycles. The smallest absolute Gasteiger partial charge is 0.387 e. The Bertz CT molecular complexity index is 408. The van der Waals surface area contributed by atoms with Crippen molar-refractivity contribution in [3.63, 3.8) is 0 Å². The van der Waals surface area contributed by atoms with E-state index in [0.717, 1.165) is 0 Å². The summed E-state index contributed by atoms with van der Waals surface area (Å²) in [6, 6.07) is 4.52. The lowest BCUT2D eigenvalue weighted by molar-refractivity contribution is -0.0503. The lowest BCUT2D eigenvalue weighted by atomic mass is 10.1. The minimum absolute atomic E-state index is 0.0240. The lowest BCUT2D eigenvalue weighted by Crippen LogP contribution is -2.11. The molecular weight excluding hydrogens is 362 g/mol. The first-order valence-corrected chi connectivity index (χ1v) is 6.81. The highest BCUT2D eigenvalue weighted by molar-refractivity contribution is 9.10. The molecule has 1 unspecified atom stereocenters. The van der Waals surface area contributed by atoms with Gasteiger partial charge in [0.2, 0.25) is 0 Å². The van der Waals surface area contributed by atoms with Gasteiger partial charge in [0.15, 0.2) is 5.78 Å². The predicted octanol–water partition coefficient (Wildman–Crippen LogP) is 4.15. The van der Waals surface area contributed by atoms with Crippen LogP contribution >= 0.6 is 31.9 Å². The molecule has 0 bridgehead atoms. The number of benzene rings is 1. The van der Waals surface area contributed by atoms with Gasteiger partial charge in [0.25, 0.3) is 0 Å². The van der Waals surface area contributed by atoms with Crippen LogP contribution in [-0.2, 0) is 5.33 Å². The van der Waals surface area contributed by atoms with Crippen molar-refractivity contribution in [2.45, 2.75) is 23.7 Å². The van der Waals surface area contributed by atoms with Crippen LogP contribution in [0.4, 0.5) is 8.78 Å². The summed E-state index contributed by atoms with van der Waals surface area (Å²) in [7, 11) is 0. The molecule has 0 N–H and O–H groups in total. The van der Waals surface area contributed by atoms with Crippen LogP contribution in [0.3, 0.4) is 0 Å². The first-order chi connectivity index (χ1) is 7.95. The normalized spacial score (nSPS) is 12.6. The highest BCUT2D eigenvalue weighted by Gasteiger charge is 2.16. The zero-order chi connectivity index (χ0) is 13.0. The van der Waals surface area contributed by atoms with Crippen LogP contribution in [0, 0.1) is 0 Å². The lowest BCUT2D eigenvalue weighted by Gasteiger charge is -2.11. The van der Waals surface area contributed by atoms with Gasteiger partial charge in [-0.15, -0.1) is 0 Å². The van der Waals surface area contributed by atoms with Crippen LogP contribution in [0.1, 0.15) is 22.8 Å². The standard InChI is InChI=1S/C11H10Br2F2O2/c1-6(13)10(16)7-2-3-8(5-12)9(4-7)17-11(14)15/h2-4,6,11H,5H2,1H3. The van der Waals surface area contributed by atoms with Crippen molar-refractivity contribution in [1.29, 1.82) is 0 Å². The number of alkyl halides is 4. The Morgan fingerprint density at radius 2 is 2.12 bits per heavy atom. The van der Waals surface area contributed by atoms with Gasteiger partial charge in [0, 0.05) is 16.5 Å². The average molecular weight is 372 g/mol. The third kappa shape index (κ3) is 4.03.